The van der Waals surface area contributed by atoms with Crippen LogP contribution < -0.4 is 10.5 Å². The molecule has 0 fully saturated rings. The van der Waals surface area contributed by atoms with E-state index in [0.29, 0.717) is 17.1 Å². The molecule has 0 saturated carbocycles. The van der Waals surface area contributed by atoms with Gasteiger partial charge in [0.25, 0.3) is 0 Å². The normalized spacial score (nSPS) is 10.4. The summed E-state index contributed by atoms with van der Waals surface area (Å²) >= 11 is 0. The summed E-state index contributed by atoms with van der Waals surface area (Å²) < 4.78 is 23.7. The maximum Gasteiger partial charge on any atom is 0.146 e. The lowest BCUT2D eigenvalue weighted by Gasteiger charge is -2.08. The number of anilines is 1. The first kappa shape index (κ1) is 10.5. The maximum atomic E-state index is 13.1. The Bertz CT molecular complexity index is 480. The summed E-state index contributed by atoms with van der Waals surface area (Å²) in [4.78, 5) is 0. The highest BCUT2D eigenvalue weighted by atomic mass is 19.1. The van der Waals surface area contributed by atoms with Gasteiger partial charge in [0.1, 0.15) is 23.9 Å². The van der Waals surface area contributed by atoms with Crippen molar-refractivity contribution in [3.63, 3.8) is 0 Å². The fraction of sp³-hybridized carbons (Fsp3) is 0.167. The molecule has 4 heteroatoms. The molecule has 0 aliphatic carbocycles. The van der Waals surface area contributed by atoms with Crippen LogP contribution in [0.5, 0.6) is 5.75 Å². The average molecular weight is 221 g/mol. The Balaban J connectivity index is 2.12. The summed E-state index contributed by atoms with van der Waals surface area (Å²) in [6.07, 6.45) is 1.57. The van der Waals surface area contributed by atoms with E-state index in [0.717, 1.165) is 0 Å². The number of hydrogen-bond acceptors (Lipinski definition) is 3. The zero-order valence-corrected chi connectivity index (χ0v) is 8.87. The average Bonchev–Trinajstić information content (AvgIpc) is 2.74. The predicted octanol–water partition coefficient (Wildman–Crippen LogP) is 2.89. The quantitative estimate of drug-likeness (QED) is 0.810. The maximum absolute atomic E-state index is 13.1. The molecule has 0 aliphatic heterocycles. The summed E-state index contributed by atoms with van der Waals surface area (Å²) in [7, 11) is 0. The molecule has 16 heavy (non-hydrogen) atoms. The van der Waals surface area contributed by atoms with Crippen LogP contribution in [-0.2, 0) is 6.61 Å². The van der Waals surface area contributed by atoms with E-state index in [1.165, 1.54) is 6.07 Å². The predicted molar refractivity (Wildman–Crippen MR) is 58.6 cm³/mol. The molecular weight excluding hydrogens is 209 g/mol. The molecule has 0 saturated heterocycles. The van der Waals surface area contributed by atoms with Gasteiger partial charge in [-0.15, -0.1) is 0 Å². The number of benzene rings is 1. The van der Waals surface area contributed by atoms with Crippen molar-refractivity contribution in [1.29, 1.82) is 0 Å². The highest BCUT2D eigenvalue weighted by molar-refractivity contribution is 5.54. The summed E-state index contributed by atoms with van der Waals surface area (Å²) in [6.45, 7) is 1.94. The third-order valence-corrected chi connectivity index (χ3v) is 2.24. The Morgan fingerprint density at radius 1 is 1.44 bits per heavy atom. The van der Waals surface area contributed by atoms with Gasteiger partial charge in [-0.2, -0.15) is 0 Å². The summed E-state index contributed by atoms with van der Waals surface area (Å²) in [5.41, 5.74) is 6.42. The van der Waals surface area contributed by atoms with Crippen LogP contribution in [0.25, 0.3) is 0 Å². The van der Waals surface area contributed by atoms with Crippen LogP contribution in [0.2, 0.25) is 0 Å². The smallest absolute Gasteiger partial charge is 0.146 e. The van der Waals surface area contributed by atoms with Gasteiger partial charge in [0.05, 0.1) is 12.0 Å². The van der Waals surface area contributed by atoms with Crippen molar-refractivity contribution >= 4 is 5.69 Å². The van der Waals surface area contributed by atoms with Crippen molar-refractivity contribution in [3.05, 3.63) is 47.7 Å². The van der Waals surface area contributed by atoms with E-state index >= 15 is 0 Å². The van der Waals surface area contributed by atoms with Crippen molar-refractivity contribution in [3.8, 4) is 5.75 Å². The van der Waals surface area contributed by atoms with Crippen molar-refractivity contribution < 1.29 is 13.5 Å². The first-order chi connectivity index (χ1) is 7.66. The second-order valence-corrected chi connectivity index (χ2v) is 3.51. The van der Waals surface area contributed by atoms with E-state index in [1.807, 2.05) is 0 Å². The molecule has 1 heterocycles. The third-order valence-electron chi connectivity index (χ3n) is 2.24. The molecule has 1 aromatic carbocycles. The van der Waals surface area contributed by atoms with Gasteiger partial charge >= 0.3 is 0 Å². The Kier molecular flexibility index (Phi) is 2.81. The molecule has 2 N–H and O–H groups in total. The van der Waals surface area contributed by atoms with Crippen LogP contribution in [0.15, 0.2) is 34.9 Å². The number of nitrogen functional groups attached to an aromatic ring is 1. The van der Waals surface area contributed by atoms with Gasteiger partial charge < -0.3 is 14.9 Å². The van der Waals surface area contributed by atoms with Gasteiger partial charge in [-0.3, -0.25) is 0 Å². The van der Waals surface area contributed by atoms with E-state index in [4.69, 9.17) is 14.9 Å². The Hall–Kier alpha value is -1.97. The molecule has 84 valence electrons. The van der Waals surface area contributed by atoms with Crippen LogP contribution in [0.3, 0.4) is 0 Å². The Morgan fingerprint density at radius 3 is 2.94 bits per heavy atom. The first-order valence-electron chi connectivity index (χ1n) is 4.87. The lowest BCUT2D eigenvalue weighted by Crippen LogP contribution is -1.99. The first-order valence-corrected chi connectivity index (χ1v) is 4.87. The fourth-order valence-corrected chi connectivity index (χ4v) is 1.34. The van der Waals surface area contributed by atoms with Crippen LogP contribution >= 0.6 is 0 Å². The minimum atomic E-state index is -0.331. The molecule has 0 amide bonds. The van der Waals surface area contributed by atoms with E-state index in [1.54, 1.807) is 31.4 Å². The second-order valence-electron chi connectivity index (χ2n) is 3.51. The van der Waals surface area contributed by atoms with E-state index in [2.05, 4.69) is 0 Å². The standard InChI is InChI=1S/C12H12FNO2/c1-8-5-12(11(14)6-10(8)13)16-7-9-3-2-4-15-9/h2-6H,7,14H2,1H3. The molecule has 1 aromatic heterocycles. The van der Waals surface area contributed by atoms with Gasteiger partial charge in [-0.25, -0.2) is 4.39 Å². The van der Waals surface area contributed by atoms with E-state index in [9.17, 15) is 4.39 Å². The van der Waals surface area contributed by atoms with Gasteiger partial charge in [-0.1, -0.05) is 0 Å². The topological polar surface area (TPSA) is 48.4 Å². The monoisotopic (exact) mass is 221 g/mol. The largest absolute Gasteiger partial charge is 0.483 e. The zero-order chi connectivity index (χ0) is 11.5. The third kappa shape index (κ3) is 2.16. The van der Waals surface area contributed by atoms with Crippen LogP contribution in [0, 0.1) is 12.7 Å². The van der Waals surface area contributed by atoms with E-state index < -0.39 is 0 Å². The van der Waals surface area contributed by atoms with Crippen LogP contribution in [0.1, 0.15) is 11.3 Å². The Morgan fingerprint density at radius 2 is 2.25 bits per heavy atom. The number of rotatable bonds is 3. The molecule has 3 nitrogen and oxygen atoms in total. The molecule has 2 aromatic rings. The van der Waals surface area contributed by atoms with E-state index in [-0.39, 0.29) is 18.1 Å². The second kappa shape index (κ2) is 4.26. The molecule has 0 atom stereocenters. The molecule has 0 radical (unpaired) electrons. The van der Waals surface area contributed by atoms with Crippen molar-refractivity contribution in [1.82, 2.24) is 0 Å². The SMILES string of the molecule is Cc1cc(OCc2ccco2)c(N)cc1F. The molecular formula is C12H12FNO2. The summed E-state index contributed by atoms with van der Waals surface area (Å²) in [5, 5.41) is 0. The lowest BCUT2D eigenvalue weighted by atomic mass is 10.2. The number of nitrogens with two attached hydrogens (primary N) is 1. The van der Waals surface area contributed by atoms with Crippen molar-refractivity contribution in [2.75, 3.05) is 5.73 Å². The molecule has 2 rings (SSSR count). The number of hydrogen-bond donors (Lipinski definition) is 1. The highest BCUT2D eigenvalue weighted by Gasteiger charge is 2.06. The molecule has 0 bridgehead atoms. The number of halogens is 1. The molecule has 0 unspecified atom stereocenters. The number of ether oxygens (including phenoxy) is 1. The lowest BCUT2D eigenvalue weighted by molar-refractivity contribution is 0.271. The van der Waals surface area contributed by atoms with Gasteiger partial charge in [0.2, 0.25) is 0 Å². The number of furan rings is 1. The minimum Gasteiger partial charge on any atom is -0.483 e. The van der Waals surface area contributed by atoms with Crippen molar-refractivity contribution in [2.24, 2.45) is 0 Å². The number of aryl methyl sites for hydroxylation is 1. The van der Waals surface area contributed by atoms with Gasteiger partial charge in [0.15, 0.2) is 0 Å². The molecule has 0 aliphatic rings. The fourth-order valence-electron chi connectivity index (χ4n) is 1.34. The van der Waals surface area contributed by atoms with Crippen molar-refractivity contribution in [2.45, 2.75) is 13.5 Å². The van der Waals surface area contributed by atoms with Gasteiger partial charge in [0, 0.05) is 6.07 Å². The highest BCUT2D eigenvalue weighted by Crippen LogP contribution is 2.25. The minimum absolute atomic E-state index is 0.280. The Labute approximate surface area is 92.6 Å². The molecule has 0 spiro atoms. The summed E-state index contributed by atoms with van der Waals surface area (Å²) in [5.74, 6) is 0.833. The summed E-state index contributed by atoms with van der Waals surface area (Å²) in [6, 6.07) is 6.41. The van der Waals surface area contributed by atoms with Gasteiger partial charge in [-0.05, 0) is 30.7 Å². The van der Waals surface area contributed by atoms with Crippen LogP contribution in [-0.4, -0.2) is 0 Å². The zero-order valence-electron chi connectivity index (χ0n) is 8.87. The van der Waals surface area contributed by atoms with Crippen LogP contribution in [0.4, 0.5) is 10.1 Å².